The number of carbonyl (C=O) groups excluding carboxylic acids is 2. The number of aromatic nitrogens is 2. The van der Waals surface area contributed by atoms with Crippen molar-refractivity contribution in [2.24, 2.45) is 5.73 Å². The van der Waals surface area contributed by atoms with E-state index in [1.54, 1.807) is 13.0 Å². The summed E-state index contributed by atoms with van der Waals surface area (Å²) >= 11 is 0. The summed E-state index contributed by atoms with van der Waals surface area (Å²) in [6.45, 7) is 1.71. The number of pyridine rings is 1. The Hall–Kier alpha value is -2.70. The van der Waals surface area contributed by atoms with Gasteiger partial charge in [0.2, 0.25) is 0 Å². The van der Waals surface area contributed by atoms with Crippen LogP contribution in [0.1, 0.15) is 26.6 Å². The number of anilines is 1. The van der Waals surface area contributed by atoms with Gasteiger partial charge in [-0.05, 0) is 19.1 Å². The van der Waals surface area contributed by atoms with Crippen LogP contribution in [0.5, 0.6) is 0 Å². The maximum Gasteiger partial charge on any atom is 0.267 e. The van der Waals surface area contributed by atoms with E-state index >= 15 is 0 Å². The van der Waals surface area contributed by atoms with Gasteiger partial charge in [0.15, 0.2) is 5.82 Å². The van der Waals surface area contributed by atoms with Crippen LogP contribution in [0.2, 0.25) is 0 Å². The number of carbonyl (C=O) groups is 2. The van der Waals surface area contributed by atoms with Crippen molar-refractivity contribution in [1.82, 2.24) is 10.1 Å². The summed E-state index contributed by atoms with van der Waals surface area (Å²) in [5.41, 5.74) is 5.43. The number of nitrogens with zero attached hydrogens (tertiary/aromatic N) is 2. The van der Waals surface area contributed by atoms with Gasteiger partial charge in [-0.3, -0.25) is 14.6 Å². The van der Waals surface area contributed by atoms with Gasteiger partial charge in [-0.2, -0.15) is 0 Å². The molecule has 2 heterocycles. The second-order valence-corrected chi connectivity index (χ2v) is 3.57. The lowest BCUT2D eigenvalue weighted by atomic mass is 10.2. The zero-order valence-corrected chi connectivity index (χ0v) is 9.51. The Morgan fingerprint density at radius 1 is 1.39 bits per heavy atom. The summed E-state index contributed by atoms with van der Waals surface area (Å²) in [5, 5.41) is 6.15. The van der Waals surface area contributed by atoms with Crippen LogP contribution in [0.3, 0.4) is 0 Å². The highest BCUT2D eigenvalue weighted by molar-refractivity contribution is 6.03. The molecule has 7 heteroatoms. The van der Waals surface area contributed by atoms with E-state index in [-0.39, 0.29) is 5.69 Å². The lowest BCUT2D eigenvalue weighted by molar-refractivity contribution is 0.0990. The first-order chi connectivity index (χ1) is 8.56. The van der Waals surface area contributed by atoms with Crippen LogP contribution < -0.4 is 11.1 Å². The quantitative estimate of drug-likeness (QED) is 0.829. The van der Waals surface area contributed by atoms with Crippen LogP contribution in [0, 0.1) is 6.92 Å². The van der Waals surface area contributed by atoms with Gasteiger partial charge in [-0.15, -0.1) is 0 Å². The number of nitrogens with two attached hydrogens (primary N) is 1. The summed E-state index contributed by atoms with van der Waals surface area (Å²) in [5.74, 6) is -0.134. The van der Waals surface area contributed by atoms with Crippen molar-refractivity contribution in [3.05, 3.63) is 41.4 Å². The van der Waals surface area contributed by atoms with Crippen molar-refractivity contribution in [2.45, 2.75) is 6.92 Å². The molecular formula is C11H10N4O3. The molecule has 0 fully saturated rings. The van der Waals surface area contributed by atoms with E-state index in [2.05, 4.69) is 15.5 Å². The molecule has 18 heavy (non-hydrogen) atoms. The Labute approximate surface area is 102 Å². The average Bonchev–Trinajstić information content (AvgIpc) is 2.75. The minimum absolute atomic E-state index is 0.101. The van der Waals surface area contributed by atoms with Gasteiger partial charge in [0.05, 0.1) is 5.56 Å². The minimum atomic E-state index is -0.644. The molecule has 2 aromatic rings. The number of aryl methyl sites for hydroxylation is 1. The number of amides is 2. The predicted octanol–water partition coefficient (Wildman–Crippen LogP) is 0.729. The van der Waals surface area contributed by atoms with Gasteiger partial charge >= 0.3 is 0 Å². The highest BCUT2D eigenvalue weighted by atomic mass is 16.5. The summed E-state index contributed by atoms with van der Waals surface area (Å²) < 4.78 is 4.81. The van der Waals surface area contributed by atoms with E-state index in [4.69, 9.17) is 10.3 Å². The first-order valence-electron chi connectivity index (χ1n) is 5.07. The maximum atomic E-state index is 11.8. The molecule has 0 bridgehead atoms. The second-order valence-electron chi connectivity index (χ2n) is 3.57. The molecule has 0 radical (unpaired) electrons. The SMILES string of the molecule is Cc1cc(NC(=O)c2ccc(C(N)=O)nc2)no1. The molecule has 2 amide bonds. The molecule has 0 aliphatic heterocycles. The molecule has 7 nitrogen and oxygen atoms in total. The fourth-order valence-electron chi connectivity index (χ4n) is 1.29. The number of nitrogens with one attached hydrogen (secondary N) is 1. The summed E-state index contributed by atoms with van der Waals surface area (Å²) in [6.07, 6.45) is 1.27. The molecule has 0 spiro atoms. The van der Waals surface area contributed by atoms with Crippen LogP contribution in [0.15, 0.2) is 28.9 Å². The van der Waals surface area contributed by atoms with Crippen molar-refractivity contribution in [3.63, 3.8) is 0 Å². The molecule has 0 saturated carbocycles. The molecule has 92 valence electrons. The van der Waals surface area contributed by atoms with Crippen LogP contribution in [-0.4, -0.2) is 22.0 Å². The third-order valence-electron chi connectivity index (χ3n) is 2.15. The Morgan fingerprint density at radius 3 is 2.67 bits per heavy atom. The number of primary amides is 1. The van der Waals surface area contributed by atoms with Gasteiger partial charge in [0, 0.05) is 12.3 Å². The summed E-state index contributed by atoms with van der Waals surface area (Å²) in [6, 6.07) is 4.42. The maximum absolute atomic E-state index is 11.8. The molecular weight excluding hydrogens is 236 g/mol. The largest absolute Gasteiger partial charge is 0.364 e. The normalized spacial score (nSPS) is 10.1. The van der Waals surface area contributed by atoms with Crippen molar-refractivity contribution < 1.29 is 14.1 Å². The van der Waals surface area contributed by atoms with Gasteiger partial charge in [-0.25, -0.2) is 0 Å². The Balaban J connectivity index is 2.11. The van der Waals surface area contributed by atoms with E-state index in [0.717, 1.165) is 0 Å². The van der Waals surface area contributed by atoms with E-state index in [1.165, 1.54) is 18.3 Å². The average molecular weight is 246 g/mol. The fourth-order valence-corrected chi connectivity index (χ4v) is 1.29. The molecule has 0 saturated heterocycles. The second kappa shape index (κ2) is 4.66. The smallest absolute Gasteiger partial charge is 0.267 e. The first-order valence-corrected chi connectivity index (χ1v) is 5.07. The Morgan fingerprint density at radius 2 is 2.17 bits per heavy atom. The molecule has 2 aromatic heterocycles. The molecule has 0 atom stereocenters. The highest BCUT2D eigenvalue weighted by Crippen LogP contribution is 2.09. The predicted molar refractivity (Wildman–Crippen MR) is 61.9 cm³/mol. The van der Waals surface area contributed by atoms with Gasteiger partial charge in [0.25, 0.3) is 11.8 Å². The lowest BCUT2D eigenvalue weighted by Gasteiger charge is -2.01. The summed E-state index contributed by atoms with van der Waals surface area (Å²) in [4.78, 5) is 26.3. The standard InChI is InChI=1S/C11H10N4O3/c1-6-4-9(15-18-6)14-11(17)7-2-3-8(10(12)16)13-5-7/h2-5H,1H3,(H2,12,16)(H,14,15,17). The van der Waals surface area contributed by atoms with Gasteiger partial charge < -0.3 is 15.6 Å². The minimum Gasteiger partial charge on any atom is -0.364 e. The number of rotatable bonds is 3. The fraction of sp³-hybridized carbons (Fsp3) is 0.0909. The van der Waals surface area contributed by atoms with E-state index in [0.29, 0.717) is 17.1 Å². The van der Waals surface area contributed by atoms with E-state index in [9.17, 15) is 9.59 Å². The van der Waals surface area contributed by atoms with Crippen molar-refractivity contribution in [3.8, 4) is 0 Å². The van der Waals surface area contributed by atoms with Crippen molar-refractivity contribution in [2.75, 3.05) is 5.32 Å². The topological polar surface area (TPSA) is 111 Å². The number of hydrogen-bond acceptors (Lipinski definition) is 5. The van der Waals surface area contributed by atoms with Crippen LogP contribution in [-0.2, 0) is 0 Å². The zero-order chi connectivity index (χ0) is 13.1. The molecule has 0 unspecified atom stereocenters. The molecule has 0 aromatic carbocycles. The molecule has 2 rings (SSSR count). The van der Waals surface area contributed by atoms with Gasteiger partial charge in [-0.1, -0.05) is 5.16 Å². The zero-order valence-electron chi connectivity index (χ0n) is 9.51. The highest BCUT2D eigenvalue weighted by Gasteiger charge is 2.10. The van der Waals surface area contributed by atoms with Crippen LogP contribution in [0.25, 0.3) is 0 Å². The molecule has 0 aliphatic rings. The molecule has 0 aliphatic carbocycles. The lowest BCUT2D eigenvalue weighted by Crippen LogP contribution is -2.15. The van der Waals surface area contributed by atoms with E-state index in [1.807, 2.05) is 0 Å². The van der Waals surface area contributed by atoms with Crippen LogP contribution in [0.4, 0.5) is 5.82 Å². The third-order valence-corrected chi connectivity index (χ3v) is 2.15. The Kier molecular flexibility index (Phi) is 3.05. The molecule has 3 N–H and O–H groups in total. The van der Waals surface area contributed by atoms with Crippen molar-refractivity contribution in [1.29, 1.82) is 0 Å². The van der Waals surface area contributed by atoms with Crippen LogP contribution >= 0.6 is 0 Å². The summed E-state index contributed by atoms with van der Waals surface area (Å²) in [7, 11) is 0. The Bertz CT molecular complexity index is 589. The first kappa shape index (κ1) is 11.8. The van der Waals surface area contributed by atoms with Crippen molar-refractivity contribution >= 4 is 17.6 Å². The number of hydrogen-bond donors (Lipinski definition) is 2. The van der Waals surface area contributed by atoms with Gasteiger partial charge in [0.1, 0.15) is 11.5 Å². The monoisotopic (exact) mass is 246 g/mol. The van der Waals surface area contributed by atoms with E-state index < -0.39 is 11.8 Å². The third kappa shape index (κ3) is 2.51.